The largest absolute Gasteiger partial charge is 0.378 e. The van der Waals surface area contributed by atoms with Crippen molar-refractivity contribution >= 4 is 11.8 Å². The Balaban J connectivity index is 1.84. The van der Waals surface area contributed by atoms with Gasteiger partial charge in [-0.25, -0.2) is 0 Å². The average Bonchev–Trinajstić information content (AvgIpc) is 2.45. The van der Waals surface area contributed by atoms with E-state index in [1.54, 1.807) is 6.20 Å². The molecule has 7 nitrogen and oxygen atoms in total. The maximum absolute atomic E-state index is 5.32. The Morgan fingerprint density at radius 1 is 1.37 bits per heavy atom. The molecule has 1 N–H and O–H groups in total. The molecule has 19 heavy (non-hydrogen) atoms. The average molecular weight is 266 g/mol. The quantitative estimate of drug-likeness (QED) is 0.731. The van der Waals surface area contributed by atoms with Gasteiger partial charge in [-0.15, -0.1) is 5.10 Å². The molecule has 1 saturated heterocycles. The predicted molar refractivity (Wildman–Crippen MR) is 74.5 cm³/mol. The van der Waals surface area contributed by atoms with Gasteiger partial charge in [-0.05, 0) is 27.1 Å². The van der Waals surface area contributed by atoms with Crippen LogP contribution < -0.4 is 10.2 Å². The molecule has 1 fully saturated rings. The predicted octanol–water partition coefficient (Wildman–Crippen LogP) is 0.0718. The second-order valence-corrected chi connectivity index (χ2v) is 4.82. The van der Waals surface area contributed by atoms with Gasteiger partial charge in [-0.2, -0.15) is 10.1 Å². The Morgan fingerprint density at radius 3 is 2.89 bits per heavy atom. The van der Waals surface area contributed by atoms with Gasteiger partial charge in [0, 0.05) is 19.6 Å². The molecule has 0 atom stereocenters. The first kappa shape index (κ1) is 14.0. The summed E-state index contributed by atoms with van der Waals surface area (Å²) in [4.78, 5) is 8.75. The summed E-state index contributed by atoms with van der Waals surface area (Å²) in [6, 6.07) is 0. The van der Waals surface area contributed by atoms with E-state index in [2.05, 4.69) is 44.4 Å². The summed E-state index contributed by atoms with van der Waals surface area (Å²) in [7, 11) is 4.14. The molecule has 0 aromatic carbocycles. The molecule has 7 heteroatoms. The number of rotatable bonds is 6. The van der Waals surface area contributed by atoms with Crippen molar-refractivity contribution in [3.05, 3.63) is 6.20 Å². The molecule has 0 saturated carbocycles. The first-order valence-electron chi connectivity index (χ1n) is 6.67. The van der Waals surface area contributed by atoms with Gasteiger partial charge in [0.1, 0.15) is 0 Å². The van der Waals surface area contributed by atoms with Gasteiger partial charge >= 0.3 is 0 Å². The molecular weight excluding hydrogens is 244 g/mol. The van der Waals surface area contributed by atoms with Gasteiger partial charge in [0.2, 0.25) is 5.95 Å². The van der Waals surface area contributed by atoms with Crippen LogP contribution in [-0.2, 0) is 4.74 Å². The van der Waals surface area contributed by atoms with Crippen LogP contribution >= 0.6 is 0 Å². The molecule has 1 aliphatic heterocycles. The maximum atomic E-state index is 5.32. The molecule has 2 rings (SSSR count). The van der Waals surface area contributed by atoms with E-state index < -0.39 is 0 Å². The van der Waals surface area contributed by atoms with E-state index in [1.807, 2.05) is 0 Å². The van der Waals surface area contributed by atoms with Crippen LogP contribution in [-0.4, -0.2) is 73.6 Å². The van der Waals surface area contributed by atoms with Crippen molar-refractivity contribution < 1.29 is 4.74 Å². The third-order valence-electron chi connectivity index (χ3n) is 2.93. The van der Waals surface area contributed by atoms with Crippen molar-refractivity contribution in [2.45, 2.75) is 6.42 Å². The van der Waals surface area contributed by atoms with Crippen molar-refractivity contribution in [3.8, 4) is 0 Å². The van der Waals surface area contributed by atoms with Gasteiger partial charge in [0.05, 0.1) is 19.4 Å². The summed E-state index contributed by atoms with van der Waals surface area (Å²) in [5, 5.41) is 11.4. The number of hydrogen-bond acceptors (Lipinski definition) is 7. The first-order valence-corrected chi connectivity index (χ1v) is 6.67. The molecule has 0 unspecified atom stereocenters. The number of nitrogens with one attached hydrogen (secondary N) is 1. The normalized spacial score (nSPS) is 15.8. The monoisotopic (exact) mass is 266 g/mol. The summed E-state index contributed by atoms with van der Waals surface area (Å²) in [5.74, 6) is 1.47. The lowest BCUT2D eigenvalue weighted by atomic mass is 10.4. The molecule has 0 amide bonds. The van der Waals surface area contributed by atoms with E-state index in [9.17, 15) is 0 Å². The molecule has 0 bridgehead atoms. The fourth-order valence-corrected chi connectivity index (χ4v) is 1.89. The maximum Gasteiger partial charge on any atom is 0.247 e. The lowest BCUT2D eigenvalue weighted by Gasteiger charge is -2.26. The van der Waals surface area contributed by atoms with Crippen LogP contribution in [0.5, 0.6) is 0 Å². The molecule has 2 heterocycles. The Kier molecular flexibility index (Phi) is 5.29. The Bertz CT molecular complexity index is 380. The lowest BCUT2D eigenvalue weighted by molar-refractivity contribution is 0.122. The first-order chi connectivity index (χ1) is 9.25. The van der Waals surface area contributed by atoms with Crippen molar-refractivity contribution in [1.29, 1.82) is 0 Å². The summed E-state index contributed by atoms with van der Waals surface area (Å²) in [6.45, 7) is 5.05. The van der Waals surface area contributed by atoms with Crippen molar-refractivity contribution in [3.63, 3.8) is 0 Å². The van der Waals surface area contributed by atoms with Gasteiger partial charge in [-0.3, -0.25) is 0 Å². The highest BCUT2D eigenvalue weighted by Crippen LogP contribution is 2.10. The van der Waals surface area contributed by atoms with Crippen LogP contribution in [0.15, 0.2) is 6.20 Å². The molecule has 0 spiro atoms. The van der Waals surface area contributed by atoms with Crippen LogP contribution in [0.1, 0.15) is 6.42 Å². The van der Waals surface area contributed by atoms with Gasteiger partial charge in [0.25, 0.3) is 0 Å². The van der Waals surface area contributed by atoms with Crippen LogP contribution in [0, 0.1) is 0 Å². The standard InChI is InChI=1S/C12H22N6O/c1-17(2)5-3-4-13-11-10-14-16-12(15-11)18-6-8-19-9-7-18/h10H,3-9H2,1-2H3,(H,13,15,16). The summed E-state index contributed by atoms with van der Waals surface area (Å²) < 4.78 is 5.32. The van der Waals surface area contributed by atoms with Crippen LogP contribution in [0.25, 0.3) is 0 Å². The number of aromatic nitrogens is 3. The molecule has 106 valence electrons. The topological polar surface area (TPSA) is 66.4 Å². The number of hydrogen-bond donors (Lipinski definition) is 1. The summed E-state index contributed by atoms with van der Waals surface area (Å²) >= 11 is 0. The third kappa shape index (κ3) is 4.60. The Morgan fingerprint density at radius 2 is 2.16 bits per heavy atom. The van der Waals surface area contributed by atoms with Crippen molar-refractivity contribution in [2.24, 2.45) is 0 Å². The smallest absolute Gasteiger partial charge is 0.247 e. The van der Waals surface area contributed by atoms with E-state index >= 15 is 0 Å². The zero-order valence-electron chi connectivity index (χ0n) is 11.7. The van der Waals surface area contributed by atoms with Gasteiger partial charge < -0.3 is 19.9 Å². The number of ether oxygens (including phenoxy) is 1. The van der Waals surface area contributed by atoms with E-state index in [-0.39, 0.29) is 0 Å². The number of nitrogens with zero attached hydrogens (tertiary/aromatic N) is 5. The van der Waals surface area contributed by atoms with Crippen molar-refractivity contribution in [1.82, 2.24) is 20.1 Å². The molecule has 0 radical (unpaired) electrons. The minimum Gasteiger partial charge on any atom is -0.378 e. The zero-order valence-corrected chi connectivity index (χ0v) is 11.7. The fraction of sp³-hybridized carbons (Fsp3) is 0.750. The summed E-state index contributed by atoms with van der Waals surface area (Å²) in [6.07, 6.45) is 2.74. The highest BCUT2D eigenvalue weighted by molar-refractivity contribution is 5.38. The molecule has 0 aliphatic carbocycles. The van der Waals surface area contributed by atoms with Crippen LogP contribution in [0.4, 0.5) is 11.8 Å². The highest BCUT2D eigenvalue weighted by Gasteiger charge is 2.14. The Hall–Kier alpha value is -1.47. The summed E-state index contributed by atoms with van der Waals surface area (Å²) in [5.41, 5.74) is 0. The van der Waals surface area contributed by atoms with Crippen LogP contribution in [0.2, 0.25) is 0 Å². The third-order valence-corrected chi connectivity index (χ3v) is 2.93. The molecule has 1 aliphatic rings. The Labute approximate surface area is 114 Å². The number of morpholine rings is 1. The van der Waals surface area contributed by atoms with E-state index in [0.717, 1.165) is 51.6 Å². The number of anilines is 2. The lowest BCUT2D eigenvalue weighted by Crippen LogP contribution is -2.37. The minimum absolute atomic E-state index is 0.681. The minimum atomic E-state index is 0.681. The SMILES string of the molecule is CN(C)CCCNc1cnnc(N2CCOCC2)n1. The van der Waals surface area contributed by atoms with E-state index in [1.165, 1.54) is 0 Å². The van der Waals surface area contributed by atoms with E-state index in [4.69, 9.17) is 4.74 Å². The van der Waals surface area contributed by atoms with Crippen LogP contribution in [0.3, 0.4) is 0 Å². The fourth-order valence-electron chi connectivity index (χ4n) is 1.89. The highest BCUT2D eigenvalue weighted by atomic mass is 16.5. The second-order valence-electron chi connectivity index (χ2n) is 4.82. The molecular formula is C12H22N6O. The van der Waals surface area contributed by atoms with Crippen molar-refractivity contribution in [2.75, 3.05) is 63.7 Å². The molecule has 1 aromatic rings. The zero-order chi connectivity index (χ0) is 13.5. The second kappa shape index (κ2) is 7.20. The van der Waals surface area contributed by atoms with Gasteiger partial charge in [-0.1, -0.05) is 0 Å². The van der Waals surface area contributed by atoms with Gasteiger partial charge in [0.15, 0.2) is 5.82 Å². The molecule has 1 aromatic heterocycles. The van der Waals surface area contributed by atoms with E-state index in [0.29, 0.717) is 5.95 Å².